The van der Waals surface area contributed by atoms with E-state index >= 15 is 0 Å². The third-order valence-electron chi connectivity index (χ3n) is 2.10. The smallest absolute Gasteiger partial charge is 0.373 e. The molecule has 0 aliphatic rings. The first-order valence-electron chi connectivity index (χ1n) is 6.91. The molecule has 168 valence electrons. The number of esters is 4. The number of carbonyl (C=O) groups excluding carboxylic acids is 4. The van der Waals surface area contributed by atoms with Gasteiger partial charge in [0, 0.05) is 0 Å². The molecule has 0 aliphatic heterocycles. The van der Waals surface area contributed by atoms with Gasteiger partial charge in [-0.15, -0.1) is 26.3 Å². The van der Waals surface area contributed by atoms with Crippen LogP contribution in [0.1, 0.15) is 0 Å². The number of hydrogen-bond donors (Lipinski definition) is 0. The van der Waals surface area contributed by atoms with E-state index in [0.717, 1.165) is 40.6 Å². The predicted molar refractivity (Wildman–Crippen MR) is 101 cm³/mol. The van der Waals surface area contributed by atoms with Crippen molar-refractivity contribution in [1.29, 1.82) is 0 Å². The molecular weight excluding hydrogens is 396 g/mol. The molecule has 12 heteroatoms. The molecule has 0 aromatic rings. The predicted octanol–water partition coefficient (Wildman–Crippen LogP) is -0.608. The van der Waals surface area contributed by atoms with Crippen molar-refractivity contribution in [1.82, 2.24) is 0 Å². The first-order chi connectivity index (χ1) is 12.9. The molecule has 0 saturated carbocycles. The van der Waals surface area contributed by atoms with Crippen molar-refractivity contribution in [2.45, 2.75) is 0 Å². The van der Waals surface area contributed by atoms with Gasteiger partial charge in [-0.1, -0.05) is 0 Å². The van der Waals surface area contributed by atoms with Crippen LogP contribution in [0.3, 0.4) is 0 Å². The van der Waals surface area contributed by atoms with E-state index < -0.39 is 42.2 Å². The standard InChI is InChI=1S/C13H16O10.2C2H4.2H2O/c1-18-10(14)5-8(12(16)20-3)22-7-23-9(13(17)21-4)6-11(15)19-2;2*1-2;;/h5-6H,7H2,1-4H3;2*1-2H2;2*1H2/b8-5-,9-6-;;;;. The topological polar surface area (TPSA) is 187 Å². The van der Waals surface area contributed by atoms with Crippen molar-refractivity contribution in [3.05, 3.63) is 50.0 Å². The van der Waals surface area contributed by atoms with E-state index in [0.29, 0.717) is 0 Å². The first-order valence-corrected chi connectivity index (χ1v) is 6.91. The maximum atomic E-state index is 11.4. The summed E-state index contributed by atoms with van der Waals surface area (Å²) in [5.74, 6) is -4.75. The summed E-state index contributed by atoms with van der Waals surface area (Å²) in [6.07, 6.45) is 1.44. The molecule has 0 saturated heterocycles. The maximum absolute atomic E-state index is 11.4. The van der Waals surface area contributed by atoms with Gasteiger partial charge in [-0.2, -0.15) is 0 Å². The molecule has 0 rings (SSSR count). The van der Waals surface area contributed by atoms with Crippen molar-refractivity contribution in [2.75, 3.05) is 35.2 Å². The van der Waals surface area contributed by atoms with Gasteiger partial charge in [0.2, 0.25) is 18.3 Å². The van der Waals surface area contributed by atoms with E-state index in [-0.39, 0.29) is 11.0 Å². The lowest BCUT2D eigenvalue weighted by Crippen LogP contribution is -2.16. The van der Waals surface area contributed by atoms with Crippen LogP contribution in [0.5, 0.6) is 0 Å². The van der Waals surface area contributed by atoms with Gasteiger partial charge in [0.25, 0.3) is 0 Å². The summed E-state index contributed by atoms with van der Waals surface area (Å²) in [5.41, 5.74) is 0. The molecule has 0 atom stereocenters. The number of rotatable bonds is 8. The molecule has 0 aromatic carbocycles. The van der Waals surface area contributed by atoms with Gasteiger partial charge in [-0.05, 0) is 0 Å². The summed E-state index contributed by atoms with van der Waals surface area (Å²) in [4.78, 5) is 45.0. The number of ether oxygens (including phenoxy) is 6. The fourth-order valence-electron chi connectivity index (χ4n) is 1.01. The molecular formula is C17H28O12. The molecule has 0 aromatic heterocycles. The number of methoxy groups -OCH3 is 4. The first kappa shape index (κ1) is 36.3. The van der Waals surface area contributed by atoms with Gasteiger partial charge < -0.3 is 39.4 Å². The molecule has 0 amide bonds. The molecule has 0 spiro atoms. The van der Waals surface area contributed by atoms with Gasteiger partial charge in [0.15, 0.2) is 0 Å². The maximum Gasteiger partial charge on any atom is 0.373 e. The van der Waals surface area contributed by atoms with E-state index in [9.17, 15) is 19.2 Å². The molecule has 0 fully saturated rings. The minimum atomic E-state index is -0.976. The Balaban J connectivity index is -0.000000299. The van der Waals surface area contributed by atoms with E-state index in [1.165, 1.54) is 0 Å². The van der Waals surface area contributed by atoms with Gasteiger partial charge in [-0.3, -0.25) is 0 Å². The monoisotopic (exact) mass is 424 g/mol. The average Bonchev–Trinajstić information content (AvgIpc) is 2.73. The molecule has 12 nitrogen and oxygen atoms in total. The zero-order valence-corrected chi connectivity index (χ0v) is 16.8. The molecule has 0 unspecified atom stereocenters. The Morgan fingerprint density at radius 2 is 0.897 bits per heavy atom. The van der Waals surface area contributed by atoms with Crippen LogP contribution >= 0.6 is 0 Å². The van der Waals surface area contributed by atoms with Crippen LogP contribution in [-0.2, 0) is 47.6 Å². The lowest BCUT2D eigenvalue weighted by atomic mass is 10.4. The molecule has 29 heavy (non-hydrogen) atoms. The third-order valence-corrected chi connectivity index (χ3v) is 2.10. The summed E-state index contributed by atoms with van der Waals surface area (Å²) in [5, 5.41) is 0. The zero-order valence-electron chi connectivity index (χ0n) is 16.8. The van der Waals surface area contributed by atoms with Crippen LogP contribution < -0.4 is 0 Å². The summed E-state index contributed by atoms with van der Waals surface area (Å²) in [6, 6.07) is 0. The molecule has 0 radical (unpaired) electrons. The Morgan fingerprint density at radius 3 is 1.10 bits per heavy atom. The minimum Gasteiger partial charge on any atom is -0.466 e. The highest BCUT2D eigenvalue weighted by Gasteiger charge is 2.17. The SMILES string of the molecule is C=C.C=C.COC(=O)/C=C(\OCO/C(=C\C(=O)OC)C(=O)OC)C(=O)OC.O.O. The highest BCUT2D eigenvalue weighted by Crippen LogP contribution is 2.06. The molecule has 0 aliphatic carbocycles. The summed E-state index contributed by atoms with van der Waals surface area (Å²) in [6.45, 7) is 11.3. The van der Waals surface area contributed by atoms with Crippen LogP contribution in [0.15, 0.2) is 50.0 Å². The van der Waals surface area contributed by atoms with Gasteiger partial charge in [0.05, 0.1) is 40.6 Å². The molecule has 0 heterocycles. The fraction of sp³-hybridized carbons (Fsp3) is 0.294. The van der Waals surface area contributed by atoms with Gasteiger partial charge >= 0.3 is 23.9 Å². The Kier molecular flexibility index (Phi) is 30.5. The molecule has 4 N–H and O–H groups in total. The van der Waals surface area contributed by atoms with E-state index in [1.807, 2.05) is 0 Å². The van der Waals surface area contributed by atoms with Crippen molar-refractivity contribution in [2.24, 2.45) is 0 Å². The van der Waals surface area contributed by atoms with E-state index in [4.69, 9.17) is 9.47 Å². The molecule has 0 bridgehead atoms. The van der Waals surface area contributed by atoms with Crippen LogP contribution in [-0.4, -0.2) is 70.1 Å². The quantitative estimate of drug-likeness (QED) is 0.121. The number of carbonyl (C=O) groups is 4. The van der Waals surface area contributed by atoms with Gasteiger partial charge in [-0.25, -0.2) is 19.2 Å². The number of hydrogen-bond acceptors (Lipinski definition) is 10. The Bertz CT molecular complexity index is 503. The second kappa shape index (κ2) is 24.4. The minimum absolute atomic E-state index is 0. The highest BCUT2D eigenvalue weighted by atomic mass is 16.7. The van der Waals surface area contributed by atoms with Crippen LogP contribution in [0.2, 0.25) is 0 Å². The van der Waals surface area contributed by atoms with Crippen molar-refractivity contribution in [3.8, 4) is 0 Å². The largest absolute Gasteiger partial charge is 0.466 e. The second-order valence-corrected chi connectivity index (χ2v) is 3.45. The van der Waals surface area contributed by atoms with Crippen molar-refractivity contribution < 1.29 is 58.6 Å². The normalized spacial score (nSPS) is 9.10. The summed E-state index contributed by atoms with van der Waals surface area (Å²) in [7, 11) is 4.32. The third kappa shape index (κ3) is 17.5. The lowest BCUT2D eigenvalue weighted by molar-refractivity contribution is -0.147. The van der Waals surface area contributed by atoms with E-state index in [2.05, 4.69) is 45.3 Å². The van der Waals surface area contributed by atoms with Crippen LogP contribution in [0.4, 0.5) is 0 Å². The highest BCUT2D eigenvalue weighted by molar-refractivity contribution is 5.95. The Morgan fingerprint density at radius 1 is 0.621 bits per heavy atom. The van der Waals surface area contributed by atoms with Crippen molar-refractivity contribution in [3.63, 3.8) is 0 Å². The van der Waals surface area contributed by atoms with Crippen LogP contribution in [0, 0.1) is 0 Å². The zero-order chi connectivity index (χ0) is 21.8. The lowest BCUT2D eigenvalue weighted by Gasteiger charge is -2.11. The van der Waals surface area contributed by atoms with Crippen molar-refractivity contribution >= 4 is 23.9 Å². The average molecular weight is 424 g/mol. The summed E-state index contributed by atoms with van der Waals surface area (Å²) >= 11 is 0. The van der Waals surface area contributed by atoms with E-state index in [1.54, 1.807) is 0 Å². The Labute approximate surface area is 168 Å². The Hall–Kier alpha value is -3.64. The van der Waals surface area contributed by atoms with Gasteiger partial charge in [0.1, 0.15) is 0 Å². The second-order valence-electron chi connectivity index (χ2n) is 3.45. The van der Waals surface area contributed by atoms with Crippen LogP contribution in [0.25, 0.3) is 0 Å². The summed E-state index contributed by atoms with van der Waals surface area (Å²) < 4.78 is 27.2. The fourth-order valence-corrected chi connectivity index (χ4v) is 1.01.